The van der Waals surface area contributed by atoms with E-state index in [1.165, 1.54) is 36.4 Å². The fourth-order valence-corrected chi connectivity index (χ4v) is 6.11. The third-order valence-electron chi connectivity index (χ3n) is 8.36. The Balaban J connectivity index is 1.22. The number of nitrogens with zero attached hydrogens (tertiary/aromatic N) is 4. The van der Waals surface area contributed by atoms with Gasteiger partial charge in [0.25, 0.3) is 5.91 Å². The van der Waals surface area contributed by atoms with Crippen LogP contribution in [-0.2, 0) is 10.3 Å². The molecule has 1 amide bonds. The van der Waals surface area contributed by atoms with Crippen molar-refractivity contribution in [2.24, 2.45) is 10.9 Å². The molecule has 1 atom stereocenters. The SMILES string of the molecule is O=C(c1ccccc1)C1CCN(CCCN2C(=O)C(c3ccc(F)cc3)(c3cccc(F)c3)N=C2c2ccccn2)CC1. The number of aromatic nitrogens is 1. The summed E-state index contributed by atoms with van der Waals surface area (Å²) in [6.07, 6.45) is 3.90. The topological polar surface area (TPSA) is 65.9 Å². The van der Waals surface area contributed by atoms with Crippen LogP contribution in [0.4, 0.5) is 8.78 Å². The smallest absolute Gasteiger partial charge is 0.265 e. The molecule has 218 valence electrons. The average Bonchev–Trinajstić information content (AvgIpc) is 3.35. The summed E-state index contributed by atoms with van der Waals surface area (Å²) < 4.78 is 28.5. The first-order valence-corrected chi connectivity index (χ1v) is 14.6. The number of hydrogen-bond acceptors (Lipinski definition) is 5. The number of aliphatic imine (C=N–C) groups is 1. The lowest BCUT2D eigenvalue weighted by Gasteiger charge is -2.32. The normalized spacial score (nSPS) is 19.4. The quantitative estimate of drug-likeness (QED) is 0.233. The van der Waals surface area contributed by atoms with Crippen molar-refractivity contribution < 1.29 is 18.4 Å². The van der Waals surface area contributed by atoms with Gasteiger partial charge in [-0.25, -0.2) is 13.8 Å². The highest BCUT2D eigenvalue weighted by Crippen LogP contribution is 2.41. The van der Waals surface area contributed by atoms with Gasteiger partial charge in [-0.3, -0.25) is 19.5 Å². The van der Waals surface area contributed by atoms with Crippen LogP contribution in [0, 0.1) is 17.6 Å². The maximum absolute atomic E-state index is 14.5. The van der Waals surface area contributed by atoms with Crippen molar-refractivity contribution in [3.05, 3.63) is 137 Å². The number of pyridine rings is 1. The van der Waals surface area contributed by atoms with Crippen LogP contribution in [0.1, 0.15) is 46.4 Å². The molecule has 0 radical (unpaired) electrons. The molecule has 1 fully saturated rings. The maximum Gasteiger partial charge on any atom is 0.265 e. The number of Topliss-reactive ketones (excluding diaryl/α,β-unsaturated/α-hetero) is 1. The van der Waals surface area contributed by atoms with Gasteiger partial charge in [0.05, 0.1) is 0 Å². The van der Waals surface area contributed by atoms with Crippen LogP contribution in [0.2, 0.25) is 0 Å². The number of hydrogen-bond donors (Lipinski definition) is 0. The maximum atomic E-state index is 14.5. The van der Waals surface area contributed by atoms with Gasteiger partial charge in [0.15, 0.2) is 17.2 Å². The molecule has 0 saturated carbocycles. The van der Waals surface area contributed by atoms with Crippen LogP contribution in [-0.4, -0.2) is 58.5 Å². The van der Waals surface area contributed by atoms with Gasteiger partial charge in [-0.15, -0.1) is 0 Å². The summed E-state index contributed by atoms with van der Waals surface area (Å²) in [5.41, 5.74) is 0.517. The lowest BCUT2D eigenvalue weighted by Crippen LogP contribution is -2.43. The Morgan fingerprint density at radius 1 is 0.814 bits per heavy atom. The molecule has 6 nitrogen and oxygen atoms in total. The highest BCUT2D eigenvalue weighted by Gasteiger charge is 2.51. The second-order valence-corrected chi connectivity index (χ2v) is 11.0. The summed E-state index contributed by atoms with van der Waals surface area (Å²) in [4.78, 5) is 40.8. The molecule has 3 heterocycles. The summed E-state index contributed by atoms with van der Waals surface area (Å²) in [7, 11) is 0. The van der Waals surface area contributed by atoms with Crippen molar-refractivity contribution in [2.45, 2.75) is 24.8 Å². The summed E-state index contributed by atoms with van der Waals surface area (Å²) in [5, 5.41) is 0. The first-order valence-electron chi connectivity index (χ1n) is 14.6. The number of amidine groups is 1. The Kier molecular flexibility index (Phi) is 8.20. The molecule has 1 aromatic heterocycles. The molecule has 3 aromatic carbocycles. The molecule has 0 spiro atoms. The standard InChI is InChI=1S/C35H32F2N4O2/c36-29-15-13-27(14-16-29)35(28-10-6-11-30(37)24-28)34(43)41(33(39-35)31-12-4-5-19-38-31)21-7-20-40-22-17-26(18-23-40)32(42)25-8-2-1-3-9-25/h1-6,8-16,19,24,26H,7,17-18,20-23H2. The molecule has 8 heteroatoms. The van der Waals surface area contributed by atoms with Crippen LogP contribution < -0.4 is 0 Å². The lowest BCUT2D eigenvalue weighted by atomic mass is 9.82. The molecule has 1 saturated heterocycles. The van der Waals surface area contributed by atoms with Gasteiger partial charge in [0.2, 0.25) is 0 Å². The number of amides is 1. The molecule has 43 heavy (non-hydrogen) atoms. The zero-order chi connectivity index (χ0) is 29.8. The first kappa shape index (κ1) is 28.6. The second-order valence-electron chi connectivity index (χ2n) is 11.0. The summed E-state index contributed by atoms with van der Waals surface area (Å²) in [5.74, 6) is -0.653. The molecule has 1 unspecified atom stereocenters. The molecule has 0 aliphatic carbocycles. The van der Waals surface area contributed by atoms with E-state index in [1.807, 2.05) is 36.4 Å². The van der Waals surface area contributed by atoms with E-state index in [4.69, 9.17) is 4.99 Å². The molecular weight excluding hydrogens is 546 g/mol. The molecule has 6 rings (SSSR count). The van der Waals surface area contributed by atoms with Crippen LogP contribution in [0.15, 0.2) is 108 Å². The van der Waals surface area contributed by atoms with Crippen molar-refractivity contribution in [1.82, 2.24) is 14.8 Å². The molecule has 0 bridgehead atoms. The van der Waals surface area contributed by atoms with Gasteiger partial charge >= 0.3 is 0 Å². The number of carbonyl (C=O) groups is 2. The number of carbonyl (C=O) groups excluding carboxylic acids is 2. The predicted molar refractivity (Wildman–Crippen MR) is 161 cm³/mol. The van der Waals surface area contributed by atoms with E-state index < -0.39 is 17.2 Å². The van der Waals surface area contributed by atoms with Crippen molar-refractivity contribution >= 4 is 17.5 Å². The monoisotopic (exact) mass is 578 g/mol. The minimum atomic E-state index is -1.58. The van der Waals surface area contributed by atoms with Gasteiger partial charge in [-0.2, -0.15) is 0 Å². The van der Waals surface area contributed by atoms with Crippen LogP contribution in [0.25, 0.3) is 0 Å². The fraction of sp³-hybridized carbons (Fsp3) is 0.257. The van der Waals surface area contributed by atoms with E-state index in [0.29, 0.717) is 35.6 Å². The number of halogens is 2. The van der Waals surface area contributed by atoms with E-state index >= 15 is 0 Å². The zero-order valence-electron chi connectivity index (χ0n) is 23.7. The van der Waals surface area contributed by atoms with E-state index in [9.17, 15) is 18.4 Å². The zero-order valence-corrected chi connectivity index (χ0v) is 23.7. The highest BCUT2D eigenvalue weighted by atomic mass is 19.1. The molecule has 2 aliphatic heterocycles. The minimum Gasteiger partial charge on any atom is -0.303 e. The summed E-state index contributed by atoms with van der Waals surface area (Å²) in [6.45, 7) is 2.73. The van der Waals surface area contributed by atoms with Crippen LogP contribution in [0.5, 0.6) is 0 Å². The number of ketones is 1. The lowest BCUT2D eigenvalue weighted by molar-refractivity contribution is -0.130. The first-order chi connectivity index (χ1) is 21.0. The second kappa shape index (κ2) is 12.4. The van der Waals surface area contributed by atoms with Gasteiger partial charge in [0.1, 0.15) is 17.3 Å². The van der Waals surface area contributed by atoms with Crippen LogP contribution >= 0.6 is 0 Å². The van der Waals surface area contributed by atoms with E-state index in [0.717, 1.165) is 38.0 Å². The molecule has 4 aromatic rings. The predicted octanol–water partition coefficient (Wildman–Crippen LogP) is 5.88. The Bertz CT molecular complexity index is 1620. The number of rotatable bonds is 9. The molecular formula is C35H32F2N4O2. The summed E-state index contributed by atoms with van der Waals surface area (Å²) >= 11 is 0. The summed E-state index contributed by atoms with van der Waals surface area (Å²) in [6, 6.07) is 26.3. The number of likely N-dealkylation sites (tertiary alicyclic amines) is 1. The van der Waals surface area contributed by atoms with Gasteiger partial charge in [-0.1, -0.05) is 60.7 Å². The van der Waals surface area contributed by atoms with Crippen molar-refractivity contribution in [1.29, 1.82) is 0 Å². The Labute approximate surface area is 249 Å². The van der Waals surface area contributed by atoms with Gasteiger partial charge in [-0.05, 0) is 86.4 Å². The molecule has 2 aliphatic rings. The average molecular weight is 579 g/mol. The van der Waals surface area contributed by atoms with Crippen molar-refractivity contribution in [3.8, 4) is 0 Å². The number of benzene rings is 3. The molecule has 0 N–H and O–H groups in total. The van der Waals surface area contributed by atoms with E-state index in [2.05, 4.69) is 9.88 Å². The Hall–Kier alpha value is -4.56. The van der Waals surface area contributed by atoms with E-state index in [1.54, 1.807) is 35.4 Å². The largest absolute Gasteiger partial charge is 0.303 e. The number of piperidine rings is 1. The van der Waals surface area contributed by atoms with E-state index in [-0.39, 0.29) is 17.6 Å². The van der Waals surface area contributed by atoms with Crippen molar-refractivity contribution in [3.63, 3.8) is 0 Å². The van der Waals surface area contributed by atoms with Gasteiger partial charge in [0, 0.05) is 24.2 Å². The fourth-order valence-electron chi connectivity index (χ4n) is 6.11. The van der Waals surface area contributed by atoms with Crippen LogP contribution in [0.3, 0.4) is 0 Å². The van der Waals surface area contributed by atoms with Gasteiger partial charge < -0.3 is 4.90 Å². The third-order valence-corrected chi connectivity index (χ3v) is 8.36. The Morgan fingerprint density at radius 3 is 2.26 bits per heavy atom. The van der Waals surface area contributed by atoms with Crippen molar-refractivity contribution in [2.75, 3.05) is 26.2 Å². The Morgan fingerprint density at radius 2 is 1.56 bits per heavy atom. The third kappa shape index (κ3) is 5.75. The highest BCUT2D eigenvalue weighted by molar-refractivity contribution is 6.16. The minimum absolute atomic E-state index is 0.0179.